The lowest BCUT2D eigenvalue weighted by Gasteiger charge is -2.25. The van der Waals surface area contributed by atoms with E-state index in [-0.39, 0.29) is 37.9 Å². The third kappa shape index (κ3) is 8.06. The van der Waals surface area contributed by atoms with Crippen LogP contribution in [-0.2, 0) is 31.9 Å². The number of aryl methyl sites for hydroxylation is 1. The van der Waals surface area contributed by atoms with Crippen molar-refractivity contribution in [1.82, 2.24) is 15.3 Å². The van der Waals surface area contributed by atoms with E-state index in [4.69, 9.17) is 15.2 Å². The zero-order valence-corrected chi connectivity index (χ0v) is 21.3. The standard InChI is InChI=1S/C26H35N5O6/c1-3-36-21(32)13-12-20(25(35)37-4-2)29-23(33)18-10-8-16(9-11-18)6-5-7-17-14-19-22(28-15-17)30-26(27)31-24(19)34/h8-11,17,20H,3-7,12-15H2,1-2H3,(H,29,33)(H4,27,28,30,31,34)/t17?,20-/m1/s1. The summed E-state index contributed by atoms with van der Waals surface area (Å²) >= 11 is 0. The molecule has 1 aliphatic rings. The van der Waals surface area contributed by atoms with Crippen molar-refractivity contribution in [2.75, 3.05) is 30.8 Å². The molecular weight excluding hydrogens is 478 g/mol. The van der Waals surface area contributed by atoms with Crippen LogP contribution < -0.4 is 16.4 Å². The summed E-state index contributed by atoms with van der Waals surface area (Å²) in [6.07, 6.45) is 3.49. The van der Waals surface area contributed by atoms with Crippen molar-refractivity contribution >= 4 is 29.6 Å². The van der Waals surface area contributed by atoms with E-state index < -0.39 is 23.9 Å². The molecule has 0 bridgehead atoms. The lowest BCUT2D eigenvalue weighted by molar-refractivity contribution is -0.146. The number of ether oxygens (including phenoxy) is 2. The first-order valence-corrected chi connectivity index (χ1v) is 12.6. The number of aromatic nitrogens is 2. The van der Waals surface area contributed by atoms with Crippen molar-refractivity contribution in [2.24, 2.45) is 5.92 Å². The molecule has 0 radical (unpaired) electrons. The number of amides is 1. The lowest BCUT2D eigenvalue weighted by Crippen LogP contribution is -2.42. The number of aromatic hydroxyl groups is 1. The van der Waals surface area contributed by atoms with Gasteiger partial charge in [0, 0.05) is 18.5 Å². The molecule has 3 rings (SSSR count). The normalized spacial score (nSPS) is 15.1. The second-order valence-electron chi connectivity index (χ2n) is 8.89. The molecule has 0 saturated carbocycles. The molecule has 37 heavy (non-hydrogen) atoms. The van der Waals surface area contributed by atoms with E-state index in [9.17, 15) is 19.5 Å². The van der Waals surface area contributed by atoms with Crippen LogP contribution in [0.5, 0.6) is 5.88 Å². The molecule has 5 N–H and O–H groups in total. The van der Waals surface area contributed by atoms with Crippen molar-refractivity contribution in [1.29, 1.82) is 0 Å². The molecule has 11 nitrogen and oxygen atoms in total. The van der Waals surface area contributed by atoms with Gasteiger partial charge < -0.3 is 30.9 Å². The number of nitrogen functional groups attached to an aromatic ring is 1. The highest BCUT2D eigenvalue weighted by Crippen LogP contribution is 2.31. The van der Waals surface area contributed by atoms with Crippen LogP contribution in [0.4, 0.5) is 11.8 Å². The maximum Gasteiger partial charge on any atom is 0.328 e. The van der Waals surface area contributed by atoms with Crippen LogP contribution in [0.3, 0.4) is 0 Å². The number of hydrogen-bond acceptors (Lipinski definition) is 10. The Morgan fingerprint density at radius 3 is 2.59 bits per heavy atom. The fourth-order valence-electron chi connectivity index (χ4n) is 4.28. The van der Waals surface area contributed by atoms with Gasteiger partial charge in [-0.05, 0) is 69.6 Å². The molecule has 0 aliphatic carbocycles. The second kappa shape index (κ2) is 13.4. The highest BCUT2D eigenvalue weighted by atomic mass is 16.5. The van der Waals surface area contributed by atoms with Gasteiger partial charge in [0.2, 0.25) is 11.8 Å². The highest BCUT2D eigenvalue weighted by Gasteiger charge is 2.25. The number of nitrogens with one attached hydrogen (secondary N) is 2. The minimum atomic E-state index is -0.938. The average Bonchev–Trinajstić information content (AvgIpc) is 2.87. The monoisotopic (exact) mass is 513 g/mol. The zero-order chi connectivity index (χ0) is 26.8. The molecule has 0 saturated heterocycles. The molecule has 200 valence electrons. The maximum absolute atomic E-state index is 12.7. The van der Waals surface area contributed by atoms with E-state index in [1.165, 1.54) is 0 Å². The van der Waals surface area contributed by atoms with Crippen LogP contribution in [0.25, 0.3) is 0 Å². The van der Waals surface area contributed by atoms with Gasteiger partial charge in [-0.25, -0.2) is 4.79 Å². The number of nitrogens with zero attached hydrogens (tertiary/aromatic N) is 2. The molecule has 0 spiro atoms. The van der Waals surface area contributed by atoms with E-state index in [0.29, 0.717) is 29.3 Å². The molecule has 1 aromatic carbocycles. The van der Waals surface area contributed by atoms with Gasteiger partial charge >= 0.3 is 11.9 Å². The smallest absolute Gasteiger partial charge is 0.328 e. The van der Waals surface area contributed by atoms with Gasteiger partial charge in [0.15, 0.2) is 0 Å². The number of rotatable bonds is 12. The molecule has 1 amide bonds. The van der Waals surface area contributed by atoms with Crippen molar-refractivity contribution in [3.05, 3.63) is 41.0 Å². The van der Waals surface area contributed by atoms with Crippen molar-refractivity contribution in [3.63, 3.8) is 0 Å². The number of anilines is 2. The van der Waals surface area contributed by atoms with Crippen LogP contribution in [0, 0.1) is 5.92 Å². The van der Waals surface area contributed by atoms with Gasteiger partial charge in [-0.2, -0.15) is 9.97 Å². The summed E-state index contributed by atoms with van der Waals surface area (Å²) in [5.74, 6) is -0.514. The van der Waals surface area contributed by atoms with Crippen LogP contribution >= 0.6 is 0 Å². The average molecular weight is 514 g/mol. The highest BCUT2D eigenvalue weighted by molar-refractivity contribution is 5.96. The first-order chi connectivity index (χ1) is 17.8. The molecule has 0 fully saturated rings. The third-order valence-electron chi connectivity index (χ3n) is 6.17. The van der Waals surface area contributed by atoms with Gasteiger partial charge in [-0.1, -0.05) is 12.1 Å². The Bertz CT molecular complexity index is 1090. The number of nitrogens with two attached hydrogens (primary N) is 1. The zero-order valence-electron chi connectivity index (χ0n) is 21.3. The molecule has 2 heterocycles. The summed E-state index contributed by atoms with van der Waals surface area (Å²) in [6, 6.07) is 6.28. The maximum atomic E-state index is 12.7. The predicted molar refractivity (Wildman–Crippen MR) is 137 cm³/mol. The molecule has 2 aromatic rings. The first kappa shape index (κ1) is 27.7. The van der Waals surface area contributed by atoms with Gasteiger partial charge in [0.25, 0.3) is 5.91 Å². The van der Waals surface area contributed by atoms with Crippen molar-refractivity contribution in [2.45, 2.75) is 58.4 Å². The van der Waals surface area contributed by atoms with Crippen LogP contribution in [0.1, 0.15) is 61.0 Å². The number of carbonyl (C=O) groups is 3. The van der Waals surface area contributed by atoms with E-state index in [1.807, 2.05) is 12.1 Å². The Morgan fingerprint density at radius 1 is 1.16 bits per heavy atom. The van der Waals surface area contributed by atoms with Gasteiger partial charge in [-0.15, -0.1) is 0 Å². The van der Waals surface area contributed by atoms with E-state index in [1.54, 1.807) is 26.0 Å². The molecule has 2 atom stereocenters. The number of hydrogen-bond donors (Lipinski definition) is 4. The Balaban J connectivity index is 1.49. The number of benzene rings is 1. The fraction of sp³-hybridized carbons (Fsp3) is 0.500. The summed E-state index contributed by atoms with van der Waals surface area (Å²) in [5.41, 5.74) is 7.79. The van der Waals surface area contributed by atoms with Crippen molar-refractivity contribution < 1.29 is 29.0 Å². The van der Waals surface area contributed by atoms with E-state index in [0.717, 1.165) is 31.4 Å². The molecule has 1 aromatic heterocycles. The Hall–Kier alpha value is -3.89. The van der Waals surface area contributed by atoms with Crippen LogP contribution in [0.2, 0.25) is 0 Å². The Morgan fingerprint density at radius 2 is 1.89 bits per heavy atom. The summed E-state index contributed by atoms with van der Waals surface area (Å²) in [7, 11) is 0. The minimum Gasteiger partial charge on any atom is -0.493 e. The molecule has 1 aliphatic heterocycles. The predicted octanol–water partition coefficient (Wildman–Crippen LogP) is 2.38. The quantitative estimate of drug-likeness (QED) is 0.310. The first-order valence-electron chi connectivity index (χ1n) is 12.6. The summed E-state index contributed by atoms with van der Waals surface area (Å²) in [4.78, 5) is 44.7. The topological polar surface area (TPSA) is 166 Å². The Labute approximate surface area is 216 Å². The largest absolute Gasteiger partial charge is 0.493 e. The Kier molecular flexibility index (Phi) is 10.0. The van der Waals surface area contributed by atoms with Crippen LogP contribution in [-0.4, -0.2) is 58.7 Å². The lowest BCUT2D eigenvalue weighted by atomic mass is 9.91. The van der Waals surface area contributed by atoms with Crippen molar-refractivity contribution in [3.8, 4) is 5.88 Å². The third-order valence-corrected chi connectivity index (χ3v) is 6.17. The van der Waals surface area contributed by atoms with E-state index in [2.05, 4.69) is 20.6 Å². The number of carbonyl (C=O) groups excluding carboxylic acids is 3. The molecule has 11 heteroatoms. The number of fused-ring (bicyclic) bond motifs is 1. The van der Waals surface area contributed by atoms with Gasteiger partial charge in [0.1, 0.15) is 11.9 Å². The van der Waals surface area contributed by atoms with Crippen LogP contribution in [0.15, 0.2) is 24.3 Å². The van der Waals surface area contributed by atoms with E-state index >= 15 is 0 Å². The molecule has 1 unspecified atom stereocenters. The van der Waals surface area contributed by atoms with Gasteiger partial charge in [-0.3, -0.25) is 9.59 Å². The SMILES string of the molecule is CCOC(=O)CC[C@@H](NC(=O)c1ccc(CCCC2CNc3nc(N)nc(O)c3C2)cc1)C(=O)OCC. The fourth-order valence-corrected chi connectivity index (χ4v) is 4.28. The number of esters is 2. The summed E-state index contributed by atoms with van der Waals surface area (Å²) < 4.78 is 9.94. The second-order valence-corrected chi connectivity index (χ2v) is 8.89. The summed E-state index contributed by atoms with van der Waals surface area (Å²) in [6.45, 7) is 4.56. The summed E-state index contributed by atoms with van der Waals surface area (Å²) in [5, 5.41) is 16.0. The molecular formula is C26H35N5O6. The van der Waals surface area contributed by atoms with Gasteiger partial charge in [0.05, 0.1) is 18.8 Å². The minimum absolute atomic E-state index is 0.000659.